The topological polar surface area (TPSA) is 29.5 Å². The van der Waals surface area contributed by atoms with E-state index in [0.717, 1.165) is 0 Å². The number of hydrogen-bond acceptors (Lipinski definition) is 2. The molecular weight excluding hydrogens is 190 g/mol. The molecule has 0 unspecified atom stereocenters. The van der Waals surface area contributed by atoms with Gasteiger partial charge in [-0.25, -0.2) is 4.39 Å². The van der Waals surface area contributed by atoms with Crippen molar-refractivity contribution in [1.29, 1.82) is 0 Å². The van der Waals surface area contributed by atoms with E-state index in [1.807, 2.05) is 0 Å². The zero-order chi connectivity index (χ0) is 10.6. The molecule has 14 heavy (non-hydrogen) atoms. The predicted octanol–water partition coefficient (Wildman–Crippen LogP) is 1.90. The largest absolute Gasteiger partial charge is 0.494 e. The lowest BCUT2D eigenvalue weighted by molar-refractivity contribution is 0.287. The summed E-state index contributed by atoms with van der Waals surface area (Å²) >= 11 is 0. The quantitative estimate of drug-likeness (QED) is 0.808. The first kappa shape index (κ1) is 10.9. The summed E-state index contributed by atoms with van der Waals surface area (Å²) in [6, 6.07) is 2.85. The Hall–Kier alpha value is -1.16. The third-order valence-corrected chi connectivity index (χ3v) is 1.95. The predicted molar refractivity (Wildman–Crippen MR) is 48.3 cm³/mol. The average Bonchev–Trinajstić information content (AvgIpc) is 2.20. The number of benzene rings is 1. The van der Waals surface area contributed by atoms with Crippen LogP contribution in [0.3, 0.4) is 0 Å². The van der Waals surface area contributed by atoms with Crippen LogP contribution in [0.2, 0.25) is 0 Å². The first-order valence-corrected chi connectivity index (χ1v) is 4.32. The van der Waals surface area contributed by atoms with Gasteiger partial charge >= 0.3 is 0 Å². The van der Waals surface area contributed by atoms with Gasteiger partial charge in [0.05, 0.1) is 7.11 Å². The molecule has 0 heterocycles. The number of aliphatic hydroxyl groups is 1. The second-order valence-electron chi connectivity index (χ2n) is 2.88. The molecule has 0 aliphatic heterocycles. The second kappa shape index (κ2) is 4.91. The van der Waals surface area contributed by atoms with Crippen LogP contribution in [0.15, 0.2) is 12.1 Å². The monoisotopic (exact) mass is 202 g/mol. The summed E-state index contributed by atoms with van der Waals surface area (Å²) < 4.78 is 31.0. The zero-order valence-corrected chi connectivity index (χ0v) is 7.89. The van der Waals surface area contributed by atoms with E-state index in [-0.39, 0.29) is 17.9 Å². The van der Waals surface area contributed by atoms with E-state index in [1.54, 1.807) is 0 Å². The SMILES string of the molecule is COc1ccc(CCCO)c(F)c1F. The minimum atomic E-state index is -0.970. The summed E-state index contributed by atoms with van der Waals surface area (Å²) in [6.45, 7) is -0.0346. The van der Waals surface area contributed by atoms with Crippen molar-refractivity contribution in [3.63, 3.8) is 0 Å². The summed E-state index contributed by atoms with van der Waals surface area (Å²) in [5.41, 5.74) is 0.261. The van der Waals surface area contributed by atoms with Gasteiger partial charge < -0.3 is 9.84 Å². The first-order chi connectivity index (χ1) is 6.70. The van der Waals surface area contributed by atoms with Gasteiger partial charge in [-0.2, -0.15) is 4.39 Å². The third kappa shape index (κ3) is 2.20. The smallest absolute Gasteiger partial charge is 0.200 e. The number of methoxy groups -OCH3 is 1. The fraction of sp³-hybridized carbons (Fsp3) is 0.400. The van der Waals surface area contributed by atoms with Gasteiger partial charge in [0, 0.05) is 6.61 Å². The number of ether oxygens (including phenoxy) is 1. The molecule has 4 heteroatoms. The van der Waals surface area contributed by atoms with E-state index >= 15 is 0 Å². The van der Waals surface area contributed by atoms with E-state index < -0.39 is 11.6 Å². The Balaban J connectivity index is 2.92. The molecule has 0 fully saturated rings. The standard InChI is InChI=1S/C10H12F2O2/c1-14-8-5-4-7(3-2-6-13)9(11)10(8)12/h4-5,13H,2-3,6H2,1H3. The molecule has 2 nitrogen and oxygen atoms in total. The van der Waals surface area contributed by atoms with Gasteiger partial charge in [0.15, 0.2) is 11.6 Å². The second-order valence-corrected chi connectivity index (χ2v) is 2.88. The van der Waals surface area contributed by atoms with Gasteiger partial charge in [0.25, 0.3) is 0 Å². The molecule has 1 N–H and O–H groups in total. The highest BCUT2D eigenvalue weighted by Gasteiger charge is 2.12. The molecule has 0 spiro atoms. The lowest BCUT2D eigenvalue weighted by Gasteiger charge is -2.06. The molecule has 1 aromatic rings. The van der Waals surface area contributed by atoms with Crippen molar-refractivity contribution in [3.05, 3.63) is 29.3 Å². The van der Waals surface area contributed by atoms with Crippen molar-refractivity contribution in [2.75, 3.05) is 13.7 Å². The highest BCUT2D eigenvalue weighted by molar-refractivity contribution is 5.31. The van der Waals surface area contributed by atoms with Gasteiger partial charge in [-0.05, 0) is 24.5 Å². The number of aliphatic hydroxyl groups excluding tert-OH is 1. The molecule has 0 aromatic heterocycles. The van der Waals surface area contributed by atoms with Crippen LogP contribution in [0.4, 0.5) is 8.78 Å². The maximum atomic E-state index is 13.2. The van der Waals surface area contributed by atoms with Gasteiger partial charge in [-0.3, -0.25) is 0 Å². The maximum Gasteiger partial charge on any atom is 0.200 e. The van der Waals surface area contributed by atoms with E-state index in [2.05, 4.69) is 4.74 Å². The van der Waals surface area contributed by atoms with Crippen LogP contribution in [0, 0.1) is 11.6 Å². The highest BCUT2D eigenvalue weighted by atomic mass is 19.2. The van der Waals surface area contributed by atoms with Crippen LogP contribution in [0.5, 0.6) is 5.75 Å². The van der Waals surface area contributed by atoms with Crippen LogP contribution < -0.4 is 4.74 Å². The number of hydrogen-bond donors (Lipinski definition) is 1. The minimum absolute atomic E-state index is 0.0346. The fourth-order valence-electron chi connectivity index (χ4n) is 1.19. The van der Waals surface area contributed by atoms with E-state index in [0.29, 0.717) is 12.8 Å². The molecule has 0 aliphatic carbocycles. The van der Waals surface area contributed by atoms with E-state index in [1.165, 1.54) is 19.2 Å². The molecule has 0 saturated heterocycles. The molecular formula is C10H12F2O2. The Morgan fingerprint density at radius 2 is 2.00 bits per heavy atom. The summed E-state index contributed by atoms with van der Waals surface area (Å²) in [6.07, 6.45) is 0.742. The molecule has 0 atom stereocenters. The van der Waals surface area contributed by atoms with Crippen LogP contribution >= 0.6 is 0 Å². The summed E-state index contributed by atoms with van der Waals surface area (Å²) in [5, 5.41) is 8.55. The van der Waals surface area contributed by atoms with Crippen LogP contribution in [-0.2, 0) is 6.42 Å². The Morgan fingerprint density at radius 1 is 1.29 bits per heavy atom. The van der Waals surface area contributed by atoms with E-state index in [4.69, 9.17) is 5.11 Å². The van der Waals surface area contributed by atoms with Gasteiger partial charge in [0.2, 0.25) is 5.82 Å². The number of aryl methyl sites for hydroxylation is 1. The Bertz CT molecular complexity index is 313. The van der Waals surface area contributed by atoms with Crippen molar-refractivity contribution in [2.45, 2.75) is 12.8 Å². The molecule has 0 radical (unpaired) electrons. The number of rotatable bonds is 4. The van der Waals surface area contributed by atoms with Crippen molar-refractivity contribution >= 4 is 0 Å². The lowest BCUT2D eigenvalue weighted by atomic mass is 10.1. The van der Waals surface area contributed by atoms with Gasteiger partial charge in [-0.15, -0.1) is 0 Å². The van der Waals surface area contributed by atoms with Crippen LogP contribution in [-0.4, -0.2) is 18.8 Å². The van der Waals surface area contributed by atoms with Crippen LogP contribution in [0.1, 0.15) is 12.0 Å². The summed E-state index contributed by atoms with van der Waals surface area (Å²) in [7, 11) is 1.28. The molecule has 0 saturated carbocycles. The number of halogens is 2. The van der Waals surface area contributed by atoms with Crippen molar-refractivity contribution in [2.24, 2.45) is 0 Å². The van der Waals surface area contributed by atoms with Crippen molar-refractivity contribution in [1.82, 2.24) is 0 Å². The minimum Gasteiger partial charge on any atom is -0.494 e. The summed E-state index contributed by atoms with van der Waals surface area (Å²) in [5.74, 6) is -1.96. The Labute approximate surface area is 81.1 Å². The third-order valence-electron chi connectivity index (χ3n) is 1.95. The first-order valence-electron chi connectivity index (χ1n) is 4.32. The van der Waals surface area contributed by atoms with Crippen LogP contribution in [0.25, 0.3) is 0 Å². The lowest BCUT2D eigenvalue weighted by Crippen LogP contribution is -1.99. The molecule has 78 valence electrons. The summed E-state index contributed by atoms with van der Waals surface area (Å²) in [4.78, 5) is 0. The van der Waals surface area contributed by atoms with Crippen molar-refractivity contribution in [3.8, 4) is 5.75 Å². The molecule has 1 rings (SSSR count). The fourth-order valence-corrected chi connectivity index (χ4v) is 1.19. The Kier molecular flexibility index (Phi) is 3.83. The average molecular weight is 202 g/mol. The molecule has 1 aromatic carbocycles. The molecule has 0 amide bonds. The highest BCUT2D eigenvalue weighted by Crippen LogP contribution is 2.22. The molecule has 0 aliphatic rings. The van der Waals surface area contributed by atoms with Crippen molar-refractivity contribution < 1.29 is 18.6 Å². The Morgan fingerprint density at radius 3 is 2.57 bits per heavy atom. The zero-order valence-electron chi connectivity index (χ0n) is 7.89. The maximum absolute atomic E-state index is 13.2. The normalized spacial score (nSPS) is 10.3. The van der Waals surface area contributed by atoms with Gasteiger partial charge in [-0.1, -0.05) is 6.07 Å². The molecule has 0 bridgehead atoms. The van der Waals surface area contributed by atoms with E-state index in [9.17, 15) is 8.78 Å². The van der Waals surface area contributed by atoms with Gasteiger partial charge in [0.1, 0.15) is 0 Å².